The second kappa shape index (κ2) is 4.52. The molecule has 1 aromatic rings. The van der Waals surface area contributed by atoms with Crippen molar-refractivity contribution in [3.63, 3.8) is 0 Å². The van der Waals surface area contributed by atoms with Gasteiger partial charge in [0.2, 0.25) is 5.16 Å². The first-order valence-electron chi connectivity index (χ1n) is 6.31. The van der Waals surface area contributed by atoms with Crippen LogP contribution in [-0.2, 0) is 0 Å². The fraction of sp³-hybridized carbons (Fsp3) is 0.818. The van der Waals surface area contributed by atoms with Gasteiger partial charge in [-0.05, 0) is 49.6 Å². The monoisotopic (exact) mass is 264 g/mol. The molecule has 1 aromatic heterocycles. The third-order valence-corrected chi connectivity index (χ3v) is 5.00. The zero-order valence-corrected chi connectivity index (χ0v) is 11.2. The molecule has 18 heavy (non-hydrogen) atoms. The van der Waals surface area contributed by atoms with E-state index in [0.29, 0.717) is 11.3 Å². The fourth-order valence-corrected chi connectivity index (χ4v) is 3.72. The summed E-state index contributed by atoms with van der Waals surface area (Å²) >= 11 is 1.72. The maximum absolute atomic E-state index is 9.25. The van der Waals surface area contributed by atoms with Crippen molar-refractivity contribution in [2.45, 2.75) is 54.1 Å². The van der Waals surface area contributed by atoms with Crippen LogP contribution >= 0.6 is 11.8 Å². The van der Waals surface area contributed by atoms with Crippen molar-refractivity contribution < 1.29 is 0 Å². The molecule has 3 rings (SSSR count). The highest BCUT2D eigenvalue weighted by atomic mass is 32.2. The number of aromatic nitrogens is 4. The maximum Gasteiger partial charge on any atom is 0.209 e. The van der Waals surface area contributed by atoms with Crippen LogP contribution in [0.4, 0.5) is 0 Å². The number of rotatable bonds is 4. The molecule has 0 bridgehead atoms. The van der Waals surface area contributed by atoms with Gasteiger partial charge in [0.05, 0.1) is 12.1 Å². The van der Waals surface area contributed by atoms with Gasteiger partial charge in [-0.1, -0.05) is 11.8 Å². The Kier molecular flexibility index (Phi) is 2.99. The van der Waals surface area contributed by atoms with Crippen molar-refractivity contribution in [2.24, 2.45) is 0 Å². The molecule has 0 aromatic carbocycles. The van der Waals surface area contributed by atoms with Gasteiger partial charge in [0, 0.05) is 5.25 Å². The van der Waals surface area contributed by atoms with Crippen molar-refractivity contribution in [1.82, 2.24) is 25.5 Å². The van der Waals surface area contributed by atoms with E-state index < -0.39 is 0 Å². The SMILES string of the molecule is CNC1(C#N)CCC(Sc2nnnn2C2CC2)C1. The average Bonchev–Trinajstić information content (AvgIpc) is 3.00. The molecule has 7 heteroatoms. The smallest absolute Gasteiger partial charge is 0.209 e. The fourth-order valence-electron chi connectivity index (χ4n) is 2.45. The first kappa shape index (κ1) is 11.9. The molecule has 2 aliphatic carbocycles. The molecule has 2 unspecified atom stereocenters. The molecule has 2 atom stereocenters. The summed E-state index contributed by atoms with van der Waals surface area (Å²) in [6, 6.07) is 2.91. The minimum Gasteiger partial charge on any atom is -0.302 e. The van der Waals surface area contributed by atoms with Crippen molar-refractivity contribution in [2.75, 3.05) is 7.05 Å². The Morgan fingerprint density at radius 2 is 2.33 bits per heavy atom. The van der Waals surface area contributed by atoms with Gasteiger partial charge in [-0.2, -0.15) is 5.26 Å². The number of hydrogen-bond acceptors (Lipinski definition) is 6. The predicted molar refractivity (Wildman–Crippen MR) is 67.0 cm³/mol. The molecule has 2 saturated carbocycles. The molecule has 0 amide bonds. The summed E-state index contributed by atoms with van der Waals surface area (Å²) in [5.41, 5.74) is -0.352. The summed E-state index contributed by atoms with van der Waals surface area (Å²) in [4.78, 5) is 0. The maximum atomic E-state index is 9.25. The van der Waals surface area contributed by atoms with Gasteiger partial charge in [-0.15, -0.1) is 5.10 Å². The predicted octanol–water partition coefficient (Wildman–Crippen LogP) is 1.13. The summed E-state index contributed by atoms with van der Waals surface area (Å²) in [6.45, 7) is 0. The lowest BCUT2D eigenvalue weighted by atomic mass is 10.0. The van der Waals surface area contributed by atoms with Gasteiger partial charge >= 0.3 is 0 Å². The van der Waals surface area contributed by atoms with E-state index in [-0.39, 0.29) is 5.54 Å². The van der Waals surface area contributed by atoms with Crippen LogP contribution in [0.2, 0.25) is 0 Å². The van der Waals surface area contributed by atoms with Gasteiger partial charge in [0.15, 0.2) is 0 Å². The lowest BCUT2D eigenvalue weighted by molar-refractivity contribution is 0.464. The Morgan fingerprint density at radius 3 is 2.94 bits per heavy atom. The summed E-state index contributed by atoms with van der Waals surface area (Å²) in [7, 11) is 1.87. The topological polar surface area (TPSA) is 79.4 Å². The van der Waals surface area contributed by atoms with Crippen LogP contribution in [0.15, 0.2) is 5.16 Å². The number of tetrazole rings is 1. The summed E-state index contributed by atoms with van der Waals surface area (Å²) in [6.07, 6.45) is 5.17. The molecule has 1 heterocycles. The third-order valence-electron chi connectivity index (χ3n) is 3.79. The van der Waals surface area contributed by atoms with Crippen molar-refractivity contribution in [1.29, 1.82) is 5.26 Å². The van der Waals surface area contributed by atoms with E-state index in [2.05, 4.69) is 26.9 Å². The standard InChI is InChI=1S/C11H16N6S/c1-13-11(7-12)5-4-9(6-11)18-10-14-15-16-17(10)8-2-3-8/h8-9,13H,2-6H2,1H3. The molecule has 0 saturated heterocycles. The Balaban J connectivity index is 1.67. The van der Waals surface area contributed by atoms with Gasteiger partial charge in [0.1, 0.15) is 5.54 Å². The van der Waals surface area contributed by atoms with Crippen LogP contribution in [0.5, 0.6) is 0 Å². The molecule has 2 fully saturated rings. The normalized spacial score (nSPS) is 31.4. The number of thioether (sulfide) groups is 1. The van der Waals surface area contributed by atoms with Crippen LogP contribution in [0.1, 0.15) is 38.1 Å². The summed E-state index contributed by atoms with van der Waals surface area (Å²) in [5.74, 6) is 0. The van der Waals surface area contributed by atoms with E-state index in [9.17, 15) is 5.26 Å². The van der Waals surface area contributed by atoms with E-state index >= 15 is 0 Å². The molecule has 0 radical (unpaired) electrons. The molecule has 6 nitrogen and oxygen atoms in total. The lowest BCUT2D eigenvalue weighted by Gasteiger charge is -2.19. The molecular formula is C11H16N6S. The quantitative estimate of drug-likeness (QED) is 0.878. The highest BCUT2D eigenvalue weighted by Crippen LogP contribution is 2.42. The Bertz CT molecular complexity index is 476. The van der Waals surface area contributed by atoms with Crippen LogP contribution in [0.25, 0.3) is 0 Å². The van der Waals surface area contributed by atoms with E-state index in [1.54, 1.807) is 11.8 Å². The van der Waals surface area contributed by atoms with Crippen LogP contribution in [-0.4, -0.2) is 38.0 Å². The highest BCUT2D eigenvalue weighted by Gasteiger charge is 2.39. The molecule has 1 N–H and O–H groups in total. The van der Waals surface area contributed by atoms with Gasteiger partial charge in [0.25, 0.3) is 0 Å². The zero-order chi connectivity index (χ0) is 12.6. The van der Waals surface area contributed by atoms with Crippen molar-refractivity contribution in [3.8, 4) is 6.07 Å². The van der Waals surface area contributed by atoms with Crippen molar-refractivity contribution in [3.05, 3.63) is 0 Å². The highest BCUT2D eigenvalue weighted by molar-refractivity contribution is 7.99. The van der Waals surface area contributed by atoms with E-state index in [0.717, 1.165) is 24.4 Å². The Morgan fingerprint density at radius 1 is 1.50 bits per heavy atom. The second-order valence-corrected chi connectivity index (χ2v) is 6.33. The zero-order valence-electron chi connectivity index (χ0n) is 10.3. The second-order valence-electron chi connectivity index (χ2n) is 5.06. The third kappa shape index (κ3) is 2.10. The molecule has 2 aliphatic rings. The lowest BCUT2D eigenvalue weighted by Crippen LogP contribution is -2.38. The van der Waals surface area contributed by atoms with Gasteiger partial charge in [-0.3, -0.25) is 0 Å². The van der Waals surface area contributed by atoms with Crippen LogP contribution < -0.4 is 5.32 Å². The van der Waals surface area contributed by atoms with Crippen LogP contribution in [0, 0.1) is 11.3 Å². The molecule has 96 valence electrons. The minimum atomic E-state index is -0.352. The van der Waals surface area contributed by atoms with Gasteiger partial charge in [-0.25, -0.2) is 4.68 Å². The number of nitriles is 1. The Labute approximate surface area is 110 Å². The molecular weight excluding hydrogens is 248 g/mol. The largest absolute Gasteiger partial charge is 0.302 e. The number of nitrogens with one attached hydrogen (secondary N) is 1. The number of hydrogen-bond donors (Lipinski definition) is 1. The van der Waals surface area contributed by atoms with E-state index in [4.69, 9.17) is 0 Å². The Hall–Kier alpha value is -1.13. The van der Waals surface area contributed by atoms with E-state index in [1.165, 1.54) is 12.8 Å². The minimum absolute atomic E-state index is 0.352. The summed E-state index contributed by atoms with van der Waals surface area (Å²) in [5, 5.41) is 25.7. The van der Waals surface area contributed by atoms with Gasteiger partial charge < -0.3 is 5.32 Å². The molecule has 0 aliphatic heterocycles. The van der Waals surface area contributed by atoms with Crippen LogP contribution in [0.3, 0.4) is 0 Å². The van der Waals surface area contributed by atoms with Crippen molar-refractivity contribution >= 4 is 11.8 Å². The van der Waals surface area contributed by atoms with E-state index in [1.807, 2.05) is 11.7 Å². The molecule has 0 spiro atoms. The number of nitrogens with zero attached hydrogens (tertiary/aromatic N) is 5. The summed E-state index contributed by atoms with van der Waals surface area (Å²) < 4.78 is 1.94. The first-order chi connectivity index (χ1) is 8.76. The first-order valence-corrected chi connectivity index (χ1v) is 7.19. The average molecular weight is 264 g/mol.